The summed E-state index contributed by atoms with van der Waals surface area (Å²) in [6.45, 7) is 12.9. The zero-order valence-corrected chi connectivity index (χ0v) is 17.9. The van der Waals surface area contributed by atoms with E-state index in [1.165, 1.54) is 4.88 Å². The van der Waals surface area contributed by atoms with Crippen molar-refractivity contribution >= 4 is 41.3 Å². The fourth-order valence-corrected chi connectivity index (χ4v) is 2.53. The number of hydrogen-bond acceptors (Lipinski definition) is 4. The molecule has 5 nitrogen and oxygen atoms in total. The molecule has 0 amide bonds. The van der Waals surface area contributed by atoms with Crippen LogP contribution in [0.1, 0.15) is 36.3 Å². The Morgan fingerprint density at radius 2 is 1.91 bits per heavy atom. The van der Waals surface area contributed by atoms with Crippen LogP contribution in [0.15, 0.2) is 4.99 Å². The fraction of sp³-hybridized carbons (Fsp3) is 0.733. The third-order valence-electron chi connectivity index (χ3n) is 3.62. The first-order valence-corrected chi connectivity index (χ1v) is 8.20. The highest BCUT2D eigenvalue weighted by Crippen LogP contribution is 2.17. The highest BCUT2D eigenvalue weighted by Gasteiger charge is 2.20. The summed E-state index contributed by atoms with van der Waals surface area (Å²) >= 11 is 1.72. The molecule has 0 spiro atoms. The van der Waals surface area contributed by atoms with E-state index in [-0.39, 0.29) is 29.5 Å². The third-order valence-corrected chi connectivity index (χ3v) is 4.68. The highest BCUT2D eigenvalue weighted by atomic mass is 127. The Bertz CT molecular complexity index is 482. The fourth-order valence-electron chi connectivity index (χ4n) is 1.67. The molecule has 128 valence electrons. The van der Waals surface area contributed by atoms with Crippen LogP contribution in [0.3, 0.4) is 0 Å². The second-order valence-corrected chi connectivity index (χ2v) is 7.28. The molecule has 7 heteroatoms. The van der Waals surface area contributed by atoms with Crippen molar-refractivity contribution in [3.05, 3.63) is 15.6 Å². The number of nitrogens with zero attached hydrogens (tertiary/aromatic N) is 3. The minimum absolute atomic E-state index is 0. The van der Waals surface area contributed by atoms with Gasteiger partial charge in [0.25, 0.3) is 0 Å². The Morgan fingerprint density at radius 3 is 2.36 bits per heavy atom. The van der Waals surface area contributed by atoms with Crippen molar-refractivity contribution in [3.63, 3.8) is 0 Å². The van der Waals surface area contributed by atoms with Crippen LogP contribution in [-0.2, 0) is 6.54 Å². The van der Waals surface area contributed by atoms with Crippen LogP contribution in [0.25, 0.3) is 0 Å². The summed E-state index contributed by atoms with van der Waals surface area (Å²) in [6, 6.07) is 0. The smallest absolute Gasteiger partial charge is 0.191 e. The molecule has 0 radical (unpaired) electrons. The molecule has 0 unspecified atom stereocenters. The molecule has 0 fully saturated rings. The number of guanidine groups is 1. The van der Waals surface area contributed by atoms with Gasteiger partial charge in [0.15, 0.2) is 5.96 Å². The molecule has 1 aromatic heterocycles. The molecule has 0 atom stereocenters. The van der Waals surface area contributed by atoms with Crippen LogP contribution in [0.5, 0.6) is 0 Å². The minimum Gasteiger partial charge on any atom is -0.357 e. The van der Waals surface area contributed by atoms with Crippen LogP contribution in [0.2, 0.25) is 0 Å². The van der Waals surface area contributed by atoms with Gasteiger partial charge in [-0.1, -0.05) is 0 Å². The zero-order chi connectivity index (χ0) is 16.0. The second-order valence-electron chi connectivity index (χ2n) is 6.00. The first-order valence-electron chi connectivity index (χ1n) is 7.38. The topological polar surface area (TPSA) is 52.6 Å². The Hall–Kier alpha value is -0.410. The first kappa shape index (κ1) is 21.6. The maximum Gasteiger partial charge on any atom is 0.191 e. The second kappa shape index (κ2) is 9.67. The van der Waals surface area contributed by atoms with Gasteiger partial charge in [-0.25, -0.2) is 9.98 Å². The number of aryl methyl sites for hydroxylation is 2. The van der Waals surface area contributed by atoms with Crippen molar-refractivity contribution in [3.8, 4) is 0 Å². The normalized spacial score (nSPS) is 12.3. The van der Waals surface area contributed by atoms with Crippen molar-refractivity contribution in [1.82, 2.24) is 20.5 Å². The maximum atomic E-state index is 4.67. The summed E-state index contributed by atoms with van der Waals surface area (Å²) in [5.74, 6) is 0.859. The van der Waals surface area contributed by atoms with Gasteiger partial charge in [-0.3, -0.25) is 0 Å². The SMILES string of the molecule is CCNC(=NCc1sc(C)nc1C)NCC(C)(C)N(C)C.I. The van der Waals surface area contributed by atoms with Crippen molar-refractivity contribution in [1.29, 1.82) is 0 Å². The molecular formula is C15H30IN5S. The van der Waals surface area contributed by atoms with Crippen molar-refractivity contribution < 1.29 is 0 Å². The zero-order valence-electron chi connectivity index (χ0n) is 14.8. The van der Waals surface area contributed by atoms with Gasteiger partial charge in [0, 0.05) is 23.5 Å². The average Bonchev–Trinajstić information content (AvgIpc) is 2.71. The number of likely N-dealkylation sites (N-methyl/N-ethyl adjacent to an activating group) is 1. The van der Waals surface area contributed by atoms with E-state index in [9.17, 15) is 0 Å². The molecule has 1 aromatic rings. The Balaban J connectivity index is 0.00000441. The number of halogens is 1. The van der Waals surface area contributed by atoms with E-state index in [0.29, 0.717) is 6.54 Å². The molecule has 1 heterocycles. The Morgan fingerprint density at radius 1 is 1.27 bits per heavy atom. The number of aliphatic imine (C=N–C) groups is 1. The number of hydrogen-bond donors (Lipinski definition) is 2. The molecule has 0 saturated carbocycles. The van der Waals surface area contributed by atoms with E-state index >= 15 is 0 Å². The van der Waals surface area contributed by atoms with Crippen LogP contribution >= 0.6 is 35.3 Å². The van der Waals surface area contributed by atoms with Crippen molar-refractivity contribution in [2.75, 3.05) is 27.2 Å². The quantitative estimate of drug-likeness (QED) is 0.407. The van der Waals surface area contributed by atoms with Crippen molar-refractivity contribution in [2.24, 2.45) is 4.99 Å². The lowest BCUT2D eigenvalue weighted by Crippen LogP contribution is -2.50. The minimum atomic E-state index is 0. The first-order chi connectivity index (χ1) is 9.76. The van der Waals surface area contributed by atoms with Crippen LogP contribution < -0.4 is 10.6 Å². The molecule has 0 aliphatic heterocycles. The molecule has 0 aliphatic rings. The molecule has 0 aliphatic carbocycles. The maximum absolute atomic E-state index is 4.67. The van der Waals surface area contributed by atoms with E-state index in [1.54, 1.807) is 11.3 Å². The van der Waals surface area contributed by atoms with E-state index in [1.807, 2.05) is 13.8 Å². The largest absolute Gasteiger partial charge is 0.357 e. The molecule has 0 aromatic carbocycles. The van der Waals surface area contributed by atoms with Crippen molar-refractivity contribution in [2.45, 2.75) is 46.7 Å². The number of rotatable bonds is 6. The van der Waals surface area contributed by atoms with E-state index in [4.69, 9.17) is 0 Å². The molecule has 22 heavy (non-hydrogen) atoms. The van der Waals surface area contributed by atoms with Crippen LogP contribution in [-0.4, -0.2) is 48.6 Å². The monoisotopic (exact) mass is 439 g/mol. The summed E-state index contributed by atoms with van der Waals surface area (Å²) in [4.78, 5) is 12.6. The van der Waals surface area contributed by atoms with Gasteiger partial charge < -0.3 is 15.5 Å². The molecular weight excluding hydrogens is 409 g/mol. The van der Waals surface area contributed by atoms with Gasteiger partial charge in [-0.2, -0.15) is 0 Å². The highest BCUT2D eigenvalue weighted by molar-refractivity contribution is 14.0. The predicted octanol–water partition coefficient (Wildman–Crippen LogP) is 2.77. The number of aromatic nitrogens is 1. The van der Waals surface area contributed by atoms with Gasteiger partial charge in [-0.05, 0) is 48.7 Å². The predicted molar refractivity (Wildman–Crippen MR) is 108 cm³/mol. The van der Waals surface area contributed by atoms with Gasteiger partial charge in [0.05, 0.1) is 17.2 Å². The standard InChI is InChI=1S/C15H29N5S.HI/c1-8-16-14(18-10-15(4,5)20(6)7)17-9-13-11(2)19-12(3)21-13;/h8-10H2,1-7H3,(H2,16,17,18);1H. The van der Waals surface area contributed by atoms with Gasteiger partial charge in [0.2, 0.25) is 0 Å². The lowest BCUT2D eigenvalue weighted by atomic mass is 10.0. The van der Waals surface area contributed by atoms with Gasteiger partial charge >= 0.3 is 0 Å². The molecule has 0 bridgehead atoms. The summed E-state index contributed by atoms with van der Waals surface area (Å²) in [5.41, 5.74) is 1.17. The van der Waals surface area contributed by atoms with Crippen LogP contribution in [0, 0.1) is 13.8 Å². The summed E-state index contributed by atoms with van der Waals surface area (Å²) < 4.78 is 0. The Labute approximate surface area is 156 Å². The summed E-state index contributed by atoms with van der Waals surface area (Å²) in [5, 5.41) is 7.82. The van der Waals surface area contributed by atoms with E-state index < -0.39 is 0 Å². The summed E-state index contributed by atoms with van der Waals surface area (Å²) in [6.07, 6.45) is 0. The molecule has 0 saturated heterocycles. The summed E-state index contributed by atoms with van der Waals surface area (Å²) in [7, 11) is 4.18. The van der Waals surface area contributed by atoms with Gasteiger partial charge in [-0.15, -0.1) is 35.3 Å². The van der Waals surface area contributed by atoms with Crippen LogP contribution in [0.4, 0.5) is 0 Å². The molecule has 1 rings (SSSR count). The molecule has 2 N–H and O–H groups in total. The average molecular weight is 439 g/mol. The van der Waals surface area contributed by atoms with E-state index in [2.05, 4.69) is 60.4 Å². The number of thiazole rings is 1. The Kier molecular flexibility index (Phi) is 9.49. The van der Waals surface area contributed by atoms with Gasteiger partial charge in [0.1, 0.15) is 0 Å². The lowest BCUT2D eigenvalue weighted by molar-refractivity contribution is 0.197. The third kappa shape index (κ3) is 6.78. The van der Waals surface area contributed by atoms with E-state index in [0.717, 1.165) is 29.8 Å². The number of nitrogens with one attached hydrogen (secondary N) is 2. The lowest BCUT2D eigenvalue weighted by Gasteiger charge is -2.33.